The fourth-order valence-electron chi connectivity index (χ4n) is 4.10. The lowest BCUT2D eigenvalue weighted by Crippen LogP contribution is -2.36. The van der Waals surface area contributed by atoms with E-state index in [1.165, 1.54) is 0 Å². The zero-order valence-corrected chi connectivity index (χ0v) is 16.4. The molecule has 146 valence electrons. The van der Waals surface area contributed by atoms with Crippen LogP contribution in [0.15, 0.2) is 94.4 Å². The zero-order chi connectivity index (χ0) is 19.8. The van der Waals surface area contributed by atoms with Crippen LogP contribution in [-0.2, 0) is 16.6 Å². The van der Waals surface area contributed by atoms with Gasteiger partial charge in [-0.05, 0) is 46.2 Å². The van der Waals surface area contributed by atoms with Crippen LogP contribution in [0.5, 0.6) is 0 Å². The van der Waals surface area contributed by atoms with Gasteiger partial charge in [-0.15, -0.1) is 0 Å². The van der Waals surface area contributed by atoms with E-state index in [0.29, 0.717) is 6.54 Å². The summed E-state index contributed by atoms with van der Waals surface area (Å²) >= 11 is 0. The van der Waals surface area contributed by atoms with Gasteiger partial charge in [-0.1, -0.05) is 54.6 Å². The number of hydrogen-bond acceptors (Lipinski definition) is 4. The van der Waals surface area contributed by atoms with Gasteiger partial charge in [-0.3, -0.25) is 0 Å². The average molecular weight is 404 g/mol. The minimum Gasteiger partial charge on any atom is -0.468 e. The van der Waals surface area contributed by atoms with Gasteiger partial charge < -0.3 is 9.73 Å². The van der Waals surface area contributed by atoms with Gasteiger partial charge in [0.2, 0.25) is 10.0 Å². The Hall–Kier alpha value is -2.93. The first-order valence-corrected chi connectivity index (χ1v) is 11.0. The van der Waals surface area contributed by atoms with E-state index < -0.39 is 16.1 Å². The summed E-state index contributed by atoms with van der Waals surface area (Å²) in [5.41, 5.74) is 2.07. The lowest BCUT2D eigenvalue weighted by molar-refractivity contribution is 0.405. The Balaban J connectivity index is 1.55. The molecule has 0 saturated carbocycles. The molecular weight excluding hydrogens is 384 g/mol. The molecule has 5 rings (SSSR count). The molecule has 29 heavy (non-hydrogen) atoms. The normalized spacial score (nSPS) is 18.3. The molecular formula is C23H20N2O3S. The number of nitrogens with one attached hydrogen (secondary N) is 2. The van der Waals surface area contributed by atoms with E-state index in [0.717, 1.165) is 27.7 Å². The molecule has 0 fully saturated rings. The van der Waals surface area contributed by atoms with E-state index in [4.69, 9.17) is 4.42 Å². The van der Waals surface area contributed by atoms with E-state index in [1.54, 1.807) is 36.6 Å². The molecule has 5 nitrogen and oxygen atoms in total. The van der Waals surface area contributed by atoms with Crippen LogP contribution in [0.3, 0.4) is 0 Å². The molecule has 6 heteroatoms. The molecule has 0 bridgehead atoms. The Morgan fingerprint density at radius 2 is 1.52 bits per heavy atom. The van der Waals surface area contributed by atoms with E-state index >= 15 is 0 Å². The summed E-state index contributed by atoms with van der Waals surface area (Å²) in [6.07, 6.45) is 1.64. The first-order valence-electron chi connectivity index (χ1n) is 9.48. The van der Waals surface area contributed by atoms with Gasteiger partial charge in [0.25, 0.3) is 0 Å². The van der Waals surface area contributed by atoms with Crippen molar-refractivity contribution in [3.8, 4) is 0 Å². The third kappa shape index (κ3) is 3.25. The van der Waals surface area contributed by atoms with Crippen molar-refractivity contribution < 1.29 is 12.8 Å². The largest absolute Gasteiger partial charge is 0.468 e. The standard InChI is InChI=1S/C23H20N2O3S/c26-29(27,18-10-2-1-3-11-18)25-23-20-13-5-8-16-7-4-12-19(21(16)20)22(23)24-15-17-9-6-14-28-17/h1-14,22-25H,15H2/t22-,23+/m0/s1. The molecule has 3 aromatic carbocycles. The first kappa shape index (κ1) is 18.1. The van der Waals surface area contributed by atoms with Crippen LogP contribution in [0, 0.1) is 0 Å². The Kier molecular flexibility index (Phi) is 4.47. The topological polar surface area (TPSA) is 71.3 Å². The first-order chi connectivity index (χ1) is 14.1. The quantitative estimate of drug-likeness (QED) is 0.503. The van der Waals surface area contributed by atoms with Gasteiger partial charge in [-0.2, -0.15) is 0 Å². The Labute approximate surface area is 169 Å². The molecule has 0 unspecified atom stereocenters. The summed E-state index contributed by atoms with van der Waals surface area (Å²) in [7, 11) is -3.68. The predicted octanol–water partition coefficient (Wildman–Crippen LogP) is 4.30. The maximum absolute atomic E-state index is 13.1. The van der Waals surface area contributed by atoms with Crippen molar-refractivity contribution in [2.45, 2.75) is 23.5 Å². The fraction of sp³-hybridized carbons (Fsp3) is 0.130. The zero-order valence-electron chi connectivity index (χ0n) is 15.6. The van der Waals surface area contributed by atoms with Gasteiger partial charge in [-0.25, -0.2) is 13.1 Å². The molecule has 1 aromatic heterocycles. The second kappa shape index (κ2) is 7.15. The summed E-state index contributed by atoms with van der Waals surface area (Å²) in [5, 5.41) is 5.70. The monoisotopic (exact) mass is 404 g/mol. The lowest BCUT2D eigenvalue weighted by Gasteiger charge is -2.24. The van der Waals surface area contributed by atoms with Gasteiger partial charge in [0.1, 0.15) is 5.76 Å². The van der Waals surface area contributed by atoms with E-state index in [2.05, 4.69) is 28.2 Å². The number of benzene rings is 3. The van der Waals surface area contributed by atoms with Gasteiger partial charge in [0, 0.05) is 0 Å². The van der Waals surface area contributed by atoms with Crippen LogP contribution in [0.2, 0.25) is 0 Å². The molecule has 1 aliphatic rings. The van der Waals surface area contributed by atoms with Crippen molar-refractivity contribution in [3.63, 3.8) is 0 Å². The summed E-state index contributed by atoms with van der Waals surface area (Å²) in [6, 6.07) is 23.7. The van der Waals surface area contributed by atoms with E-state index in [9.17, 15) is 8.42 Å². The molecule has 0 spiro atoms. The summed E-state index contributed by atoms with van der Waals surface area (Å²) in [6.45, 7) is 0.506. The third-order valence-corrected chi connectivity index (χ3v) is 6.84. The Bertz CT molecular complexity index is 1250. The van der Waals surface area contributed by atoms with Crippen molar-refractivity contribution in [1.82, 2.24) is 10.0 Å². The average Bonchev–Trinajstić information content (AvgIpc) is 3.36. The smallest absolute Gasteiger partial charge is 0.241 e. The second-order valence-electron chi connectivity index (χ2n) is 7.14. The van der Waals surface area contributed by atoms with Crippen molar-refractivity contribution in [1.29, 1.82) is 0 Å². The molecule has 4 aromatic rings. The summed E-state index contributed by atoms with van der Waals surface area (Å²) in [4.78, 5) is 0.257. The molecule has 2 N–H and O–H groups in total. The molecule has 1 aliphatic carbocycles. The fourth-order valence-corrected chi connectivity index (χ4v) is 5.34. The molecule has 1 heterocycles. The van der Waals surface area contributed by atoms with Crippen LogP contribution < -0.4 is 10.0 Å². The number of furan rings is 1. The highest BCUT2D eigenvalue weighted by Crippen LogP contribution is 2.44. The van der Waals surface area contributed by atoms with Crippen molar-refractivity contribution in [2.24, 2.45) is 0 Å². The second-order valence-corrected chi connectivity index (χ2v) is 8.86. The van der Waals surface area contributed by atoms with Crippen LogP contribution >= 0.6 is 0 Å². The number of rotatable bonds is 6. The molecule has 0 radical (unpaired) electrons. The summed E-state index contributed by atoms with van der Waals surface area (Å²) < 4.78 is 34.5. The Morgan fingerprint density at radius 1 is 0.793 bits per heavy atom. The lowest BCUT2D eigenvalue weighted by atomic mass is 10.0. The highest BCUT2D eigenvalue weighted by atomic mass is 32.2. The minimum absolute atomic E-state index is 0.209. The highest BCUT2D eigenvalue weighted by Gasteiger charge is 2.37. The van der Waals surface area contributed by atoms with Crippen LogP contribution in [0.25, 0.3) is 10.8 Å². The SMILES string of the molecule is O=S(=O)(N[C@@H]1c2cccc3cccc(c23)[C@@H]1NCc1ccco1)c1ccccc1. The van der Waals surface area contributed by atoms with Gasteiger partial charge in [0.05, 0.1) is 29.8 Å². The van der Waals surface area contributed by atoms with E-state index in [-0.39, 0.29) is 10.9 Å². The molecule has 2 atom stereocenters. The predicted molar refractivity (Wildman–Crippen MR) is 112 cm³/mol. The minimum atomic E-state index is -3.68. The van der Waals surface area contributed by atoms with E-state index in [1.807, 2.05) is 30.3 Å². The maximum Gasteiger partial charge on any atom is 0.241 e. The molecule has 0 amide bonds. The molecule has 0 saturated heterocycles. The highest BCUT2D eigenvalue weighted by molar-refractivity contribution is 7.89. The van der Waals surface area contributed by atoms with Crippen molar-refractivity contribution in [3.05, 3.63) is 102 Å². The number of sulfonamides is 1. The van der Waals surface area contributed by atoms with Crippen molar-refractivity contribution >= 4 is 20.8 Å². The number of hydrogen-bond donors (Lipinski definition) is 2. The van der Waals surface area contributed by atoms with Crippen LogP contribution in [0.4, 0.5) is 0 Å². The Morgan fingerprint density at radius 3 is 2.21 bits per heavy atom. The maximum atomic E-state index is 13.1. The van der Waals surface area contributed by atoms with Gasteiger partial charge >= 0.3 is 0 Å². The van der Waals surface area contributed by atoms with Crippen LogP contribution in [-0.4, -0.2) is 8.42 Å². The third-order valence-electron chi connectivity index (χ3n) is 5.38. The van der Waals surface area contributed by atoms with Crippen LogP contribution in [0.1, 0.15) is 29.0 Å². The van der Waals surface area contributed by atoms with Crippen molar-refractivity contribution in [2.75, 3.05) is 0 Å². The summed E-state index contributed by atoms with van der Waals surface area (Å²) in [5.74, 6) is 0.804. The molecule has 0 aliphatic heterocycles. The van der Waals surface area contributed by atoms with Gasteiger partial charge in [0.15, 0.2) is 0 Å².